The molecule has 0 aromatic carbocycles. The second-order valence-corrected chi connectivity index (χ2v) is 20.0. The lowest BCUT2D eigenvalue weighted by Gasteiger charge is -2.62. The van der Waals surface area contributed by atoms with Crippen molar-refractivity contribution in [2.75, 3.05) is 45.1 Å². The Morgan fingerprint density at radius 1 is 0.931 bits per heavy atom. The molecule has 2 aromatic heterocycles. The second-order valence-electron chi connectivity index (χ2n) is 18.0. The Labute approximate surface area is 342 Å². The van der Waals surface area contributed by atoms with Gasteiger partial charge in [0.1, 0.15) is 24.2 Å². The summed E-state index contributed by atoms with van der Waals surface area (Å²) in [4.78, 5) is 37.0. The number of fused-ring (bicyclic) bond motifs is 6. The molecule has 16 nitrogen and oxygen atoms in total. The van der Waals surface area contributed by atoms with Gasteiger partial charge in [-0.2, -0.15) is 0 Å². The number of carbonyl (C=O) groups is 2. The van der Waals surface area contributed by atoms with Gasteiger partial charge in [0.25, 0.3) is 0 Å². The monoisotopic (exact) mass is 834 g/mol. The number of imidazole rings is 1. The van der Waals surface area contributed by atoms with Crippen LogP contribution in [0.4, 0.5) is 5.82 Å². The molecule has 4 fully saturated rings. The molecule has 6 rings (SSSR count). The molecule has 0 amide bonds. The number of carbonyl (C=O) groups excluding carboxylic acids is 2. The summed E-state index contributed by atoms with van der Waals surface area (Å²) < 4.78 is 43.2. The Hall–Kier alpha value is -2.72. The minimum atomic E-state index is -3.74. The lowest BCUT2D eigenvalue weighted by Crippen LogP contribution is -2.58. The van der Waals surface area contributed by atoms with E-state index in [-0.39, 0.29) is 80.6 Å². The molecule has 58 heavy (non-hydrogen) atoms. The number of hydrogen-bond acceptors (Lipinski definition) is 15. The summed E-state index contributed by atoms with van der Waals surface area (Å²) in [5.41, 5.74) is 12.8. The van der Waals surface area contributed by atoms with Crippen molar-refractivity contribution in [2.45, 2.75) is 130 Å². The van der Waals surface area contributed by atoms with Crippen LogP contribution in [0.2, 0.25) is 0 Å². The highest BCUT2D eigenvalue weighted by Crippen LogP contribution is 2.68. The van der Waals surface area contributed by atoms with Crippen LogP contribution < -0.4 is 11.5 Å². The number of aromatic nitrogens is 4. The molecular weight excluding hydrogens is 767 g/mol. The van der Waals surface area contributed by atoms with Crippen molar-refractivity contribution in [1.82, 2.24) is 19.5 Å². The average molecular weight is 835 g/mol. The molecule has 1 unspecified atom stereocenters. The van der Waals surface area contributed by atoms with Crippen LogP contribution in [0.25, 0.3) is 11.2 Å². The molecule has 326 valence electrons. The van der Waals surface area contributed by atoms with Crippen molar-refractivity contribution in [3.8, 4) is 0 Å². The number of nitrogen functional groups attached to an aromatic ring is 1. The smallest absolute Gasteiger partial charge is 0.356 e. The predicted octanol–water partition coefficient (Wildman–Crippen LogP) is 5.23. The van der Waals surface area contributed by atoms with Gasteiger partial charge in [-0.15, -0.1) is 0 Å². The lowest BCUT2D eigenvalue weighted by molar-refractivity contribution is -0.174. The SMILES string of the molecule is C[C@H](CCC(=O)OCCCOP(=O)(COCCn1cnc2c(N)ncnc21)OCCCOC(=O)[C@@H](C)N)[C@H]1CC[C@H]2[C@@H]3[C@@H](O)C[C@@H]4C[C@H](O)CC[C@]4(C)[C@H]3CC[C@]12C. The number of nitrogens with two attached hydrogens (primary N) is 2. The van der Waals surface area contributed by atoms with Gasteiger partial charge in [0.2, 0.25) is 0 Å². The first kappa shape index (κ1) is 44.8. The third-order valence-corrected chi connectivity index (χ3v) is 16.1. The van der Waals surface area contributed by atoms with Crippen molar-refractivity contribution in [1.29, 1.82) is 0 Å². The first-order chi connectivity index (χ1) is 27.6. The third kappa shape index (κ3) is 10.1. The Morgan fingerprint density at radius 3 is 2.38 bits per heavy atom. The molecule has 2 aromatic rings. The summed E-state index contributed by atoms with van der Waals surface area (Å²) in [5.74, 6) is 2.02. The predicted molar refractivity (Wildman–Crippen MR) is 216 cm³/mol. The number of aliphatic hydroxyl groups is 2. The standard InChI is InChI=1S/C41H67N6O10P/c1-26(30-8-9-31-35-32(12-14-41(30,31)4)40(3)13-11-29(48)21-28(40)22-33(35)49)7-10-34(50)54-16-5-18-56-58(52,57-19-6-17-55-39(51)27(2)42)25-53-20-15-47-24-46-36-37(43)44-23-45-38(36)47/h23-24,26-33,35,48-49H,5-22,25,42H2,1-4H3,(H2,43,44,45)/t26-,27-,28+,29-,30-,31+,32+,33+,35+,40+,41-,58?/m1/s1. The van der Waals surface area contributed by atoms with Crippen LogP contribution >= 0.6 is 7.60 Å². The zero-order valence-electron chi connectivity index (χ0n) is 34.8. The van der Waals surface area contributed by atoms with Crippen molar-refractivity contribution in [2.24, 2.45) is 52.1 Å². The van der Waals surface area contributed by atoms with Crippen LogP contribution in [0.3, 0.4) is 0 Å². The van der Waals surface area contributed by atoms with Gasteiger partial charge in [0.15, 0.2) is 11.5 Å². The minimum absolute atomic E-state index is 0.00411. The van der Waals surface area contributed by atoms with Crippen LogP contribution in [-0.2, 0) is 44.0 Å². The first-order valence-electron chi connectivity index (χ1n) is 21.5. The van der Waals surface area contributed by atoms with E-state index in [2.05, 4.69) is 35.7 Å². The van der Waals surface area contributed by atoms with E-state index in [0.717, 1.165) is 57.8 Å². The van der Waals surface area contributed by atoms with E-state index in [1.807, 2.05) is 0 Å². The minimum Gasteiger partial charge on any atom is -0.466 e. The normalized spacial score (nSPS) is 32.7. The number of esters is 2. The highest BCUT2D eigenvalue weighted by Gasteiger charge is 2.62. The number of hydrogen-bond donors (Lipinski definition) is 4. The Morgan fingerprint density at radius 2 is 1.64 bits per heavy atom. The number of aliphatic hydroxyl groups excluding tert-OH is 2. The number of ether oxygens (including phenoxy) is 3. The Balaban J connectivity index is 0.926. The van der Waals surface area contributed by atoms with Crippen LogP contribution in [0.1, 0.15) is 105 Å². The highest BCUT2D eigenvalue weighted by molar-refractivity contribution is 7.53. The Bertz CT molecular complexity index is 1750. The fourth-order valence-corrected chi connectivity index (χ4v) is 12.7. The van der Waals surface area contributed by atoms with Crippen molar-refractivity contribution in [3.05, 3.63) is 12.7 Å². The number of nitrogens with zero attached hydrogens (tertiary/aromatic N) is 4. The van der Waals surface area contributed by atoms with Gasteiger partial charge in [0.05, 0.1) is 51.6 Å². The van der Waals surface area contributed by atoms with Gasteiger partial charge < -0.3 is 49.5 Å². The van der Waals surface area contributed by atoms with Crippen molar-refractivity contribution >= 4 is 36.5 Å². The molecule has 0 radical (unpaired) electrons. The molecule has 6 N–H and O–H groups in total. The van der Waals surface area contributed by atoms with E-state index in [0.29, 0.717) is 66.1 Å². The van der Waals surface area contributed by atoms with Gasteiger partial charge in [-0.05, 0) is 111 Å². The average Bonchev–Trinajstić information content (AvgIpc) is 3.77. The molecule has 17 heteroatoms. The van der Waals surface area contributed by atoms with Crippen LogP contribution in [0.5, 0.6) is 0 Å². The summed E-state index contributed by atoms with van der Waals surface area (Å²) in [6, 6.07) is -0.746. The van der Waals surface area contributed by atoms with E-state index >= 15 is 0 Å². The molecule has 0 bridgehead atoms. The van der Waals surface area contributed by atoms with Crippen molar-refractivity contribution in [3.63, 3.8) is 0 Å². The van der Waals surface area contributed by atoms with Crippen molar-refractivity contribution < 1.29 is 47.6 Å². The highest BCUT2D eigenvalue weighted by atomic mass is 31.2. The maximum absolute atomic E-state index is 13.7. The number of anilines is 1. The van der Waals surface area contributed by atoms with Gasteiger partial charge in [-0.25, -0.2) is 15.0 Å². The topological polar surface area (TPSA) is 233 Å². The summed E-state index contributed by atoms with van der Waals surface area (Å²) in [6.45, 7) is 9.37. The van der Waals surface area contributed by atoms with E-state index in [4.69, 9.17) is 34.7 Å². The molecule has 2 heterocycles. The lowest BCUT2D eigenvalue weighted by atomic mass is 9.43. The van der Waals surface area contributed by atoms with Gasteiger partial charge >= 0.3 is 19.5 Å². The second kappa shape index (κ2) is 19.3. The van der Waals surface area contributed by atoms with Crippen LogP contribution in [0, 0.1) is 46.3 Å². The van der Waals surface area contributed by atoms with E-state index < -0.39 is 19.6 Å². The Kier molecular flexibility index (Phi) is 14.9. The molecular formula is C41H67N6O10P. The molecule has 4 saturated carbocycles. The summed E-state index contributed by atoms with van der Waals surface area (Å²) >= 11 is 0. The quantitative estimate of drug-likeness (QED) is 0.0760. The molecule has 0 spiro atoms. The molecule has 12 atom stereocenters. The van der Waals surface area contributed by atoms with Gasteiger partial charge in [-0.1, -0.05) is 20.8 Å². The fourth-order valence-electron chi connectivity index (χ4n) is 11.3. The third-order valence-electron chi connectivity index (χ3n) is 14.4. The van der Waals surface area contributed by atoms with Crippen LogP contribution in [0.15, 0.2) is 12.7 Å². The molecule has 0 aliphatic heterocycles. The first-order valence-corrected chi connectivity index (χ1v) is 23.2. The molecule has 4 aliphatic rings. The zero-order valence-corrected chi connectivity index (χ0v) is 35.7. The van der Waals surface area contributed by atoms with E-state index in [1.54, 1.807) is 10.9 Å². The van der Waals surface area contributed by atoms with Gasteiger partial charge in [-0.3, -0.25) is 14.2 Å². The number of rotatable bonds is 20. The fraction of sp³-hybridized carbons (Fsp3) is 0.829. The molecule has 4 aliphatic carbocycles. The van der Waals surface area contributed by atoms with Gasteiger partial charge in [0, 0.05) is 25.8 Å². The maximum atomic E-state index is 13.7. The maximum Gasteiger partial charge on any atom is 0.356 e. The summed E-state index contributed by atoms with van der Waals surface area (Å²) in [6.07, 6.45) is 11.8. The summed E-state index contributed by atoms with van der Waals surface area (Å²) in [7, 11) is -3.74. The largest absolute Gasteiger partial charge is 0.466 e. The van der Waals surface area contributed by atoms with Crippen LogP contribution in [-0.4, -0.2) is 99.3 Å². The zero-order chi connectivity index (χ0) is 41.7. The van der Waals surface area contributed by atoms with E-state index in [1.165, 1.54) is 13.3 Å². The molecule has 0 saturated heterocycles. The van der Waals surface area contributed by atoms with E-state index in [9.17, 15) is 24.4 Å². The summed E-state index contributed by atoms with van der Waals surface area (Å²) in [5, 5.41) is 22.0.